The molecule has 0 aliphatic rings. The lowest BCUT2D eigenvalue weighted by Crippen LogP contribution is -2.56. The first-order valence-electron chi connectivity index (χ1n) is 9.39. The van der Waals surface area contributed by atoms with Crippen LogP contribution >= 0.6 is 0 Å². The van der Waals surface area contributed by atoms with Crippen molar-refractivity contribution in [3.05, 3.63) is 0 Å². The number of carbonyl (C=O) groups is 4. The highest BCUT2D eigenvalue weighted by atomic mass is 16.2. The number of amides is 3. The van der Waals surface area contributed by atoms with Gasteiger partial charge in [0.2, 0.25) is 11.8 Å². The molecule has 0 bridgehead atoms. The van der Waals surface area contributed by atoms with Crippen LogP contribution in [0.3, 0.4) is 0 Å². The van der Waals surface area contributed by atoms with Crippen molar-refractivity contribution >= 4 is 24.0 Å². The molecule has 0 fully saturated rings. The second kappa shape index (κ2) is 11.8. The smallest absolute Gasteiger partial charge is 0.252 e. The maximum Gasteiger partial charge on any atom is 0.252 e. The van der Waals surface area contributed by atoms with Crippen LogP contribution in [-0.2, 0) is 19.2 Å². The summed E-state index contributed by atoms with van der Waals surface area (Å²) in [7, 11) is 0. The lowest BCUT2D eigenvalue weighted by molar-refractivity contribution is -0.151. The van der Waals surface area contributed by atoms with E-state index >= 15 is 0 Å². The maximum atomic E-state index is 13.0. The van der Waals surface area contributed by atoms with Gasteiger partial charge in [-0.15, -0.1) is 0 Å². The fourth-order valence-electron chi connectivity index (χ4n) is 2.86. The Morgan fingerprint density at radius 3 is 2.00 bits per heavy atom. The minimum atomic E-state index is -0.885. The van der Waals surface area contributed by atoms with E-state index in [0.717, 1.165) is 4.90 Å². The molecule has 0 aromatic heterocycles. The predicted molar refractivity (Wildman–Crippen MR) is 101 cm³/mol. The predicted octanol–water partition coefficient (Wildman–Crippen LogP) is 1.63. The van der Waals surface area contributed by atoms with Crippen LogP contribution in [0.4, 0.5) is 0 Å². The Labute approximate surface area is 157 Å². The van der Waals surface area contributed by atoms with E-state index in [1.165, 1.54) is 6.92 Å². The third kappa shape index (κ3) is 8.08. The molecular weight excluding hydrogens is 334 g/mol. The molecule has 0 saturated heterocycles. The first-order valence-corrected chi connectivity index (χ1v) is 9.39. The molecule has 0 rings (SSSR count). The van der Waals surface area contributed by atoms with Gasteiger partial charge in [0, 0.05) is 6.92 Å². The average Bonchev–Trinajstić information content (AvgIpc) is 2.51. The molecule has 26 heavy (non-hydrogen) atoms. The number of aldehydes is 1. The van der Waals surface area contributed by atoms with Crippen LogP contribution in [0, 0.1) is 11.8 Å². The van der Waals surface area contributed by atoms with Gasteiger partial charge in [-0.05, 0) is 31.1 Å². The summed E-state index contributed by atoms with van der Waals surface area (Å²) in [6.07, 6.45) is 2.52. The molecular formula is C19H35N3O4. The van der Waals surface area contributed by atoms with Gasteiger partial charge in [0.05, 0.1) is 12.1 Å². The van der Waals surface area contributed by atoms with Crippen molar-refractivity contribution in [2.75, 3.05) is 0 Å². The van der Waals surface area contributed by atoms with Gasteiger partial charge >= 0.3 is 0 Å². The van der Waals surface area contributed by atoms with Gasteiger partial charge in [-0.25, -0.2) is 0 Å². The highest BCUT2D eigenvalue weighted by molar-refractivity contribution is 6.01. The molecule has 0 radical (unpaired) electrons. The van der Waals surface area contributed by atoms with Crippen molar-refractivity contribution in [2.45, 2.75) is 85.4 Å². The molecule has 3 N–H and O–H groups in total. The van der Waals surface area contributed by atoms with E-state index in [1.807, 2.05) is 34.6 Å². The summed E-state index contributed by atoms with van der Waals surface area (Å²) in [6.45, 7) is 10.9. The number of carbonyl (C=O) groups excluding carboxylic acids is 4. The standard InChI is InChI=1S/C19H35N3O4/c1-7-8-15(11-23)22(14(6)24)19(26)17(10-13(4)5)21-18(25)16(20)9-12(2)3/h11-13,15-17H,7-10,20H2,1-6H3,(H,21,25)/t15-,16-,17-/m0/s1. The van der Waals surface area contributed by atoms with Crippen LogP contribution in [-0.4, -0.2) is 47.0 Å². The topological polar surface area (TPSA) is 110 Å². The van der Waals surface area contributed by atoms with Gasteiger partial charge in [0.1, 0.15) is 12.3 Å². The zero-order valence-corrected chi connectivity index (χ0v) is 17.0. The molecule has 0 aliphatic heterocycles. The first-order chi connectivity index (χ1) is 12.0. The van der Waals surface area contributed by atoms with Crippen LogP contribution in [0.5, 0.6) is 0 Å². The number of hydrogen-bond acceptors (Lipinski definition) is 5. The van der Waals surface area contributed by atoms with E-state index in [0.29, 0.717) is 32.0 Å². The summed E-state index contributed by atoms with van der Waals surface area (Å²) in [6, 6.07) is -2.43. The van der Waals surface area contributed by atoms with E-state index in [4.69, 9.17) is 5.73 Å². The van der Waals surface area contributed by atoms with E-state index < -0.39 is 35.8 Å². The second-order valence-corrected chi connectivity index (χ2v) is 7.65. The Morgan fingerprint density at radius 1 is 1.08 bits per heavy atom. The summed E-state index contributed by atoms with van der Waals surface area (Å²) in [5.41, 5.74) is 5.91. The van der Waals surface area contributed by atoms with Crippen molar-refractivity contribution in [2.24, 2.45) is 17.6 Å². The fraction of sp³-hybridized carbons (Fsp3) is 0.789. The van der Waals surface area contributed by atoms with Crippen LogP contribution in [0.1, 0.15) is 67.2 Å². The lowest BCUT2D eigenvalue weighted by Gasteiger charge is -2.30. The van der Waals surface area contributed by atoms with Crippen LogP contribution in [0.25, 0.3) is 0 Å². The van der Waals surface area contributed by atoms with Crippen LogP contribution in [0.2, 0.25) is 0 Å². The average molecular weight is 370 g/mol. The van der Waals surface area contributed by atoms with E-state index in [1.54, 1.807) is 0 Å². The number of hydrogen-bond donors (Lipinski definition) is 2. The van der Waals surface area contributed by atoms with Gasteiger partial charge in [-0.1, -0.05) is 41.0 Å². The Kier molecular flexibility index (Phi) is 11.0. The SMILES string of the molecule is CCC[C@@H](C=O)N(C(C)=O)C(=O)[C@H](CC(C)C)NC(=O)[C@@H](N)CC(C)C. The number of rotatable bonds is 11. The lowest BCUT2D eigenvalue weighted by atomic mass is 9.99. The van der Waals surface area contributed by atoms with Crippen LogP contribution < -0.4 is 11.1 Å². The van der Waals surface area contributed by atoms with E-state index in [-0.39, 0.29) is 11.8 Å². The zero-order valence-electron chi connectivity index (χ0n) is 17.0. The molecule has 150 valence electrons. The van der Waals surface area contributed by atoms with Crippen molar-refractivity contribution in [1.29, 1.82) is 0 Å². The molecule has 3 atom stereocenters. The van der Waals surface area contributed by atoms with Crippen molar-refractivity contribution in [1.82, 2.24) is 10.2 Å². The molecule has 0 unspecified atom stereocenters. The Balaban J connectivity index is 5.46. The summed E-state index contributed by atoms with van der Waals surface area (Å²) < 4.78 is 0. The number of nitrogens with zero attached hydrogens (tertiary/aromatic N) is 1. The quantitative estimate of drug-likeness (QED) is 0.538. The van der Waals surface area contributed by atoms with Gasteiger partial charge < -0.3 is 15.8 Å². The number of imide groups is 1. The van der Waals surface area contributed by atoms with E-state index in [2.05, 4.69) is 5.32 Å². The van der Waals surface area contributed by atoms with E-state index in [9.17, 15) is 19.2 Å². The fourth-order valence-corrected chi connectivity index (χ4v) is 2.86. The molecule has 0 aromatic carbocycles. The summed E-state index contributed by atoms with van der Waals surface area (Å²) in [5, 5.41) is 2.69. The summed E-state index contributed by atoms with van der Waals surface area (Å²) in [4.78, 5) is 49.7. The molecule has 7 heteroatoms. The van der Waals surface area contributed by atoms with Gasteiger partial charge in [0.25, 0.3) is 5.91 Å². The molecule has 7 nitrogen and oxygen atoms in total. The van der Waals surface area contributed by atoms with Crippen molar-refractivity contribution < 1.29 is 19.2 Å². The molecule has 3 amide bonds. The summed E-state index contributed by atoms with van der Waals surface area (Å²) >= 11 is 0. The Morgan fingerprint density at radius 2 is 1.62 bits per heavy atom. The third-order valence-electron chi connectivity index (χ3n) is 4.03. The third-order valence-corrected chi connectivity index (χ3v) is 4.03. The van der Waals surface area contributed by atoms with Crippen LogP contribution in [0.15, 0.2) is 0 Å². The number of nitrogens with two attached hydrogens (primary N) is 1. The Hall–Kier alpha value is -1.76. The monoisotopic (exact) mass is 369 g/mol. The van der Waals surface area contributed by atoms with Gasteiger partial charge in [-0.2, -0.15) is 0 Å². The largest absolute Gasteiger partial charge is 0.343 e. The molecule has 0 aliphatic carbocycles. The molecule has 0 spiro atoms. The molecule has 0 saturated carbocycles. The normalized spacial score (nSPS) is 14.7. The number of nitrogens with one attached hydrogen (secondary N) is 1. The molecule has 0 aromatic rings. The zero-order chi connectivity index (χ0) is 20.4. The Bertz CT molecular complexity index is 491. The minimum Gasteiger partial charge on any atom is -0.343 e. The van der Waals surface area contributed by atoms with Gasteiger partial charge in [0.15, 0.2) is 0 Å². The van der Waals surface area contributed by atoms with Gasteiger partial charge in [-0.3, -0.25) is 19.3 Å². The first kappa shape index (κ1) is 24.2. The van der Waals surface area contributed by atoms with Crippen molar-refractivity contribution in [3.8, 4) is 0 Å². The summed E-state index contributed by atoms with van der Waals surface area (Å²) in [5.74, 6) is -1.12. The highest BCUT2D eigenvalue weighted by Crippen LogP contribution is 2.14. The minimum absolute atomic E-state index is 0.111. The van der Waals surface area contributed by atoms with Crippen molar-refractivity contribution in [3.63, 3.8) is 0 Å². The molecule has 0 heterocycles. The second-order valence-electron chi connectivity index (χ2n) is 7.65. The maximum absolute atomic E-state index is 13.0. The highest BCUT2D eigenvalue weighted by Gasteiger charge is 2.34.